The summed E-state index contributed by atoms with van der Waals surface area (Å²) in [6.07, 6.45) is -1.38. The Morgan fingerprint density at radius 3 is 2.15 bits per heavy atom. The zero-order chi connectivity index (χ0) is 24.0. The lowest BCUT2D eigenvalue weighted by Crippen LogP contribution is -2.54. The summed E-state index contributed by atoms with van der Waals surface area (Å²) >= 11 is 0. The third-order valence-corrected chi connectivity index (χ3v) is 5.60. The molecule has 6 nitrogen and oxygen atoms in total. The molecule has 2 aromatic rings. The molecule has 1 aliphatic rings. The molecular weight excluding hydrogens is 435 g/mol. The zero-order valence-corrected chi connectivity index (χ0v) is 18.2. The number of nitrogens with one attached hydrogen (secondary N) is 3. The number of benzene rings is 2. The molecule has 0 heterocycles. The Hall–Kier alpha value is -3.36. The summed E-state index contributed by atoms with van der Waals surface area (Å²) in [7, 11) is 0. The maximum absolute atomic E-state index is 12.8. The first-order valence-electron chi connectivity index (χ1n) is 10.8. The number of amides is 3. The molecule has 3 rings (SSSR count). The van der Waals surface area contributed by atoms with Gasteiger partial charge in [0, 0.05) is 23.2 Å². The van der Waals surface area contributed by atoms with Gasteiger partial charge in [-0.15, -0.1) is 0 Å². The highest BCUT2D eigenvalue weighted by Crippen LogP contribution is 2.29. The minimum absolute atomic E-state index is 0.182. The Bertz CT molecular complexity index is 1010. The topological polar surface area (TPSA) is 87.3 Å². The minimum atomic E-state index is -4.56. The second kappa shape index (κ2) is 10.5. The van der Waals surface area contributed by atoms with Crippen LogP contribution in [0, 0.1) is 6.92 Å². The van der Waals surface area contributed by atoms with Crippen molar-refractivity contribution in [2.45, 2.75) is 50.9 Å². The lowest BCUT2D eigenvalue weighted by atomic mass is 9.90. The van der Waals surface area contributed by atoms with E-state index in [9.17, 15) is 27.6 Å². The van der Waals surface area contributed by atoms with E-state index in [0.29, 0.717) is 18.4 Å². The highest BCUT2D eigenvalue weighted by molar-refractivity contribution is 5.97. The van der Waals surface area contributed by atoms with E-state index in [1.807, 2.05) is 19.1 Å². The Labute approximate surface area is 189 Å². The van der Waals surface area contributed by atoms with Gasteiger partial charge in [0.25, 0.3) is 11.8 Å². The number of aryl methyl sites for hydroxylation is 1. The molecule has 0 saturated heterocycles. The van der Waals surface area contributed by atoms with Crippen LogP contribution in [0.3, 0.4) is 0 Å². The largest absolute Gasteiger partial charge is 0.416 e. The van der Waals surface area contributed by atoms with E-state index in [2.05, 4.69) is 16.0 Å². The average molecular weight is 461 g/mol. The molecule has 2 atom stereocenters. The van der Waals surface area contributed by atoms with Crippen LogP contribution < -0.4 is 16.0 Å². The van der Waals surface area contributed by atoms with E-state index >= 15 is 0 Å². The molecule has 0 radical (unpaired) electrons. The van der Waals surface area contributed by atoms with Gasteiger partial charge in [0.1, 0.15) is 0 Å². The highest BCUT2D eigenvalue weighted by Gasteiger charge is 2.31. The summed E-state index contributed by atoms with van der Waals surface area (Å²) in [6.45, 7) is 1.55. The standard InChI is InChI=1S/C24H26F3N3O3/c1-15-9-11-16(12-10-15)23(33)30-20-8-3-2-7-19(20)29-21(31)14-28-22(32)17-5-4-6-18(13-17)24(25,26)27/h4-6,9-13,19-20H,2-3,7-8,14H2,1H3,(H,28,32)(H,29,31)(H,30,33)/t19-,20+/m1/s1. The van der Waals surface area contributed by atoms with E-state index in [4.69, 9.17) is 0 Å². The maximum atomic E-state index is 12.8. The zero-order valence-electron chi connectivity index (χ0n) is 18.2. The fourth-order valence-corrected chi connectivity index (χ4v) is 3.79. The van der Waals surface area contributed by atoms with Gasteiger partial charge in [0.05, 0.1) is 12.1 Å². The predicted octanol–water partition coefficient (Wildman–Crippen LogP) is 3.60. The van der Waals surface area contributed by atoms with Gasteiger partial charge in [0.2, 0.25) is 5.91 Å². The van der Waals surface area contributed by atoms with Crippen molar-refractivity contribution in [2.24, 2.45) is 0 Å². The fourth-order valence-electron chi connectivity index (χ4n) is 3.79. The molecular formula is C24H26F3N3O3. The number of halogens is 3. The molecule has 176 valence electrons. The van der Waals surface area contributed by atoms with Crippen LogP contribution in [-0.4, -0.2) is 36.3 Å². The summed E-state index contributed by atoms with van der Waals surface area (Å²) in [6, 6.07) is 10.6. The monoisotopic (exact) mass is 461 g/mol. The van der Waals surface area contributed by atoms with Crippen molar-refractivity contribution >= 4 is 17.7 Å². The van der Waals surface area contributed by atoms with Gasteiger partial charge in [-0.1, -0.05) is 36.6 Å². The number of hydrogen-bond acceptors (Lipinski definition) is 3. The summed E-state index contributed by atoms with van der Waals surface area (Å²) in [4.78, 5) is 37.2. The molecule has 0 unspecified atom stereocenters. The van der Waals surface area contributed by atoms with Gasteiger partial charge in [-0.2, -0.15) is 13.2 Å². The summed E-state index contributed by atoms with van der Waals surface area (Å²) in [5.74, 6) is -1.47. The number of carbonyl (C=O) groups is 3. The second-order valence-corrected chi connectivity index (χ2v) is 8.17. The normalized spacial score (nSPS) is 18.3. The average Bonchev–Trinajstić information content (AvgIpc) is 2.78. The highest BCUT2D eigenvalue weighted by atomic mass is 19.4. The molecule has 0 aromatic heterocycles. The number of rotatable bonds is 6. The van der Waals surface area contributed by atoms with Crippen LogP contribution in [-0.2, 0) is 11.0 Å². The molecule has 33 heavy (non-hydrogen) atoms. The van der Waals surface area contributed by atoms with Gasteiger partial charge in [0.15, 0.2) is 0 Å². The molecule has 1 aliphatic carbocycles. The van der Waals surface area contributed by atoms with E-state index < -0.39 is 23.6 Å². The van der Waals surface area contributed by atoms with E-state index in [1.54, 1.807) is 12.1 Å². The van der Waals surface area contributed by atoms with Crippen LogP contribution in [0.1, 0.15) is 57.5 Å². The molecule has 3 amide bonds. The quantitative estimate of drug-likeness (QED) is 0.614. The second-order valence-electron chi connectivity index (χ2n) is 8.17. The molecule has 9 heteroatoms. The SMILES string of the molecule is Cc1ccc(C(=O)N[C@H]2CCCC[C@H]2NC(=O)CNC(=O)c2cccc(C(F)(F)F)c2)cc1. The molecule has 0 bridgehead atoms. The molecule has 0 spiro atoms. The number of alkyl halides is 3. The van der Waals surface area contributed by atoms with Crippen molar-refractivity contribution in [1.29, 1.82) is 0 Å². The van der Waals surface area contributed by atoms with E-state index in [-0.39, 0.29) is 30.1 Å². The van der Waals surface area contributed by atoms with Crippen LogP contribution in [0.15, 0.2) is 48.5 Å². The van der Waals surface area contributed by atoms with Crippen molar-refractivity contribution in [1.82, 2.24) is 16.0 Å². The van der Waals surface area contributed by atoms with Gasteiger partial charge in [-0.3, -0.25) is 14.4 Å². The maximum Gasteiger partial charge on any atom is 0.416 e. The van der Waals surface area contributed by atoms with Crippen LogP contribution in [0.5, 0.6) is 0 Å². The lowest BCUT2D eigenvalue weighted by Gasteiger charge is -2.33. The lowest BCUT2D eigenvalue weighted by molar-refractivity contribution is -0.137. The summed E-state index contributed by atoms with van der Waals surface area (Å²) in [5, 5.41) is 8.15. The molecule has 0 aliphatic heterocycles. The Morgan fingerprint density at radius 2 is 1.52 bits per heavy atom. The van der Waals surface area contributed by atoms with Gasteiger partial charge >= 0.3 is 6.18 Å². The van der Waals surface area contributed by atoms with Gasteiger partial charge in [-0.25, -0.2) is 0 Å². The number of hydrogen-bond donors (Lipinski definition) is 3. The smallest absolute Gasteiger partial charge is 0.350 e. The molecule has 2 aromatic carbocycles. The van der Waals surface area contributed by atoms with Crippen LogP contribution in [0.2, 0.25) is 0 Å². The first-order chi connectivity index (χ1) is 15.6. The summed E-state index contributed by atoms with van der Waals surface area (Å²) < 4.78 is 38.5. The van der Waals surface area contributed by atoms with Crippen molar-refractivity contribution < 1.29 is 27.6 Å². The Balaban J connectivity index is 1.54. The van der Waals surface area contributed by atoms with Crippen LogP contribution >= 0.6 is 0 Å². The predicted molar refractivity (Wildman–Crippen MR) is 117 cm³/mol. The van der Waals surface area contributed by atoms with Gasteiger partial charge in [-0.05, 0) is 50.1 Å². The molecule has 3 N–H and O–H groups in total. The third-order valence-electron chi connectivity index (χ3n) is 5.60. The minimum Gasteiger partial charge on any atom is -0.350 e. The van der Waals surface area contributed by atoms with Crippen molar-refractivity contribution in [3.63, 3.8) is 0 Å². The first kappa shape index (κ1) is 24.3. The van der Waals surface area contributed by atoms with Crippen LogP contribution in [0.25, 0.3) is 0 Å². The molecule has 1 fully saturated rings. The fraction of sp³-hybridized carbons (Fsp3) is 0.375. The molecule has 1 saturated carbocycles. The Kier molecular flexibility index (Phi) is 7.73. The van der Waals surface area contributed by atoms with Crippen molar-refractivity contribution in [3.8, 4) is 0 Å². The summed E-state index contributed by atoms with van der Waals surface area (Å²) in [5.41, 5.74) is 0.457. The van der Waals surface area contributed by atoms with Crippen LogP contribution in [0.4, 0.5) is 13.2 Å². The first-order valence-corrected chi connectivity index (χ1v) is 10.8. The van der Waals surface area contributed by atoms with E-state index in [0.717, 1.165) is 36.6 Å². The van der Waals surface area contributed by atoms with Gasteiger partial charge < -0.3 is 16.0 Å². The third kappa shape index (κ3) is 6.81. The van der Waals surface area contributed by atoms with Crippen molar-refractivity contribution in [2.75, 3.05) is 6.54 Å². The Morgan fingerprint density at radius 1 is 0.879 bits per heavy atom. The number of carbonyl (C=O) groups excluding carboxylic acids is 3. The van der Waals surface area contributed by atoms with Crippen molar-refractivity contribution in [3.05, 3.63) is 70.8 Å². The van der Waals surface area contributed by atoms with E-state index in [1.165, 1.54) is 6.07 Å².